The Balaban J connectivity index is 0.000000980. The molecule has 2 heterocycles. The van der Waals surface area contributed by atoms with Crippen LogP contribution in [0.4, 0.5) is 0 Å². The fourth-order valence-corrected chi connectivity index (χ4v) is 1.79. The van der Waals surface area contributed by atoms with Crippen molar-refractivity contribution in [3.63, 3.8) is 0 Å². The maximum absolute atomic E-state index is 10.6. The van der Waals surface area contributed by atoms with E-state index in [0.29, 0.717) is 6.42 Å². The molecule has 2 rings (SSSR count). The second kappa shape index (κ2) is 4.14. The molecule has 1 spiro atoms. The predicted molar refractivity (Wildman–Crippen MR) is 52.9 cm³/mol. The van der Waals surface area contributed by atoms with Crippen molar-refractivity contribution in [1.82, 2.24) is 5.32 Å². The fraction of sp³-hybridized carbons (Fsp3) is 0.750. The summed E-state index contributed by atoms with van der Waals surface area (Å²) in [5.41, 5.74) is -0.166. The third-order valence-corrected chi connectivity index (χ3v) is 2.60. The van der Waals surface area contributed by atoms with Crippen molar-refractivity contribution in [1.29, 1.82) is 0 Å². The smallest absolute Gasteiger partial charge is 0.353 e. The Morgan fingerprint density at radius 2 is 2.14 bits per heavy atom. The Morgan fingerprint density at radius 3 is 2.64 bits per heavy atom. The molecule has 0 saturated carbocycles. The summed E-state index contributed by atoms with van der Waals surface area (Å²) in [6.07, 6.45) is 2.13. The normalized spacial score (nSPS) is 23.6. The topological polar surface area (TPSA) is 70.9 Å². The lowest BCUT2D eigenvalue weighted by molar-refractivity contribution is -0.129. The molecule has 0 aromatic heterocycles. The highest BCUT2D eigenvalue weighted by molar-refractivity contribution is 6.36. The number of aliphatic carboxylic acids is 1. The molecule has 2 aliphatic rings. The van der Waals surface area contributed by atoms with Gasteiger partial charge < -0.3 is 15.3 Å². The van der Waals surface area contributed by atoms with Crippen LogP contribution in [-0.4, -0.2) is 35.5 Å². The van der Waals surface area contributed by atoms with Crippen LogP contribution in [0.15, 0.2) is 5.16 Å². The molecule has 2 N–H and O–H groups in total. The Labute approximate surface area is 87.9 Å². The van der Waals surface area contributed by atoms with E-state index in [0.717, 1.165) is 25.9 Å². The van der Waals surface area contributed by atoms with E-state index in [1.165, 1.54) is 0 Å². The van der Waals surface area contributed by atoms with Crippen LogP contribution < -0.4 is 5.32 Å². The third-order valence-electron chi connectivity index (χ3n) is 2.60. The first-order chi connectivity index (χ1) is 6.22. The van der Waals surface area contributed by atoms with Gasteiger partial charge in [-0.2, -0.15) is 0 Å². The number of piperidine rings is 1. The minimum Gasteiger partial charge on any atom is -0.477 e. The molecule has 1 fully saturated rings. The fourth-order valence-electron chi connectivity index (χ4n) is 1.79. The van der Waals surface area contributed by atoms with E-state index in [9.17, 15) is 4.79 Å². The quantitative estimate of drug-likeness (QED) is 0.671. The molecule has 6 heteroatoms. The number of rotatable bonds is 1. The molecule has 0 unspecified atom stereocenters. The zero-order chi connectivity index (χ0) is 9.31. The summed E-state index contributed by atoms with van der Waals surface area (Å²) in [6, 6.07) is 0. The second-order valence-electron chi connectivity index (χ2n) is 3.54. The highest BCUT2D eigenvalue weighted by Crippen LogP contribution is 2.32. The highest BCUT2D eigenvalue weighted by atomic mass is 35.5. The maximum atomic E-state index is 10.6. The summed E-state index contributed by atoms with van der Waals surface area (Å²) in [7, 11) is 0. The number of carboxylic acid groups (broad SMARTS) is 1. The van der Waals surface area contributed by atoms with Crippen LogP contribution in [0.3, 0.4) is 0 Å². The average Bonchev–Trinajstić information content (AvgIpc) is 2.51. The molecule has 0 amide bonds. The van der Waals surface area contributed by atoms with E-state index in [4.69, 9.17) is 9.94 Å². The lowest BCUT2D eigenvalue weighted by atomic mass is 9.88. The number of nitrogens with zero attached hydrogens (tertiary/aromatic N) is 1. The van der Waals surface area contributed by atoms with Crippen LogP contribution in [0.2, 0.25) is 0 Å². The van der Waals surface area contributed by atoms with Crippen LogP contribution in [0.25, 0.3) is 0 Å². The molecule has 0 aromatic rings. The molecule has 1 saturated heterocycles. The van der Waals surface area contributed by atoms with Gasteiger partial charge in [0.05, 0.1) is 0 Å². The van der Waals surface area contributed by atoms with Crippen molar-refractivity contribution in [2.24, 2.45) is 5.16 Å². The van der Waals surface area contributed by atoms with Crippen LogP contribution >= 0.6 is 12.4 Å². The zero-order valence-electron chi connectivity index (χ0n) is 7.65. The van der Waals surface area contributed by atoms with E-state index in [-0.39, 0.29) is 23.7 Å². The van der Waals surface area contributed by atoms with Crippen LogP contribution in [0, 0.1) is 0 Å². The molecular weight excluding hydrogens is 208 g/mol. The standard InChI is InChI=1S/C8H12N2O3.ClH/c11-7(12)6-5-8(13-10-6)1-3-9-4-2-8;/h9H,1-5H2,(H,11,12);1H. The first kappa shape index (κ1) is 11.3. The minimum absolute atomic E-state index is 0. The van der Waals surface area contributed by atoms with Crippen LogP contribution in [0.1, 0.15) is 19.3 Å². The molecule has 0 bridgehead atoms. The Morgan fingerprint density at radius 1 is 1.50 bits per heavy atom. The largest absolute Gasteiger partial charge is 0.477 e. The van der Waals surface area contributed by atoms with Gasteiger partial charge in [-0.15, -0.1) is 12.4 Å². The molecule has 80 valence electrons. The van der Waals surface area contributed by atoms with E-state index in [2.05, 4.69) is 10.5 Å². The Bertz CT molecular complexity index is 261. The number of oxime groups is 1. The van der Waals surface area contributed by atoms with Crippen molar-refractivity contribution in [2.45, 2.75) is 24.9 Å². The number of carbonyl (C=O) groups is 1. The maximum Gasteiger partial charge on any atom is 0.353 e. The molecule has 0 radical (unpaired) electrons. The van der Waals surface area contributed by atoms with Gasteiger partial charge in [-0.1, -0.05) is 5.16 Å². The molecular formula is C8H13ClN2O3. The van der Waals surface area contributed by atoms with Crippen molar-refractivity contribution < 1.29 is 14.7 Å². The van der Waals surface area contributed by atoms with Gasteiger partial charge in [-0.3, -0.25) is 0 Å². The minimum atomic E-state index is -0.963. The highest BCUT2D eigenvalue weighted by Gasteiger charge is 2.42. The van der Waals surface area contributed by atoms with Gasteiger partial charge >= 0.3 is 5.97 Å². The van der Waals surface area contributed by atoms with E-state index in [1.807, 2.05) is 0 Å². The summed E-state index contributed by atoms with van der Waals surface area (Å²) in [4.78, 5) is 15.8. The number of halogens is 1. The van der Waals surface area contributed by atoms with Gasteiger partial charge in [-0.05, 0) is 13.1 Å². The second-order valence-corrected chi connectivity index (χ2v) is 3.54. The first-order valence-electron chi connectivity index (χ1n) is 4.41. The first-order valence-corrected chi connectivity index (χ1v) is 4.41. The van der Waals surface area contributed by atoms with Crippen molar-refractivity contribution >= 4 is 24.1 Å². The summed E-state index contributed by atoms with van der Waals surface area (Å²) < 4.78 is 0. The Hall–Kier alpha value is -0.810. The SMILES string of the molecule is Cl.O=C(O)C1=NOC2(CCNCC2)C1. The van der Waals surface area contributed by atoms with E-state index < -0.39 is 5.97 Å². The van der Waals surface area contributed by atoms with E-state index >= 15 is 0 Å². The average molecular weight is 221 g/mol. The van der Waals surface area contributed by atoms with Gasteiger partial charge in [0, 0.05) is 19.3 Å². The number of hydrogen-bond acceptors (Lipinski definition) is 4. The van der Waals surface area contributed by atoms with Gasteiger partial charge in [0.1, 0.15) is 5.60 Å². The molecule has 5 nitrogen and oxygen atoms in total. The van der Waals surface area contributed by atoms with Gasteiger partial charge in [-0.25, -0.2) is 4.79 Å². The van der Waals surface area contributed by atoms with Gasteiger partial charge in [0.25, 0.3) is 0 Å². The molecule has 0 aliphatic carbocycles. The number of hydrogen-bond donors (Lipinski definition) is 2. The summed E-state index contributed by atoms with van der Waals surface area (Å²) >= 11 is 0. The van der Waals surface area contributed by atoms with Crippen molar-refractivity contribution in [3.05, 3.63) is 0 Å². The number of nitrogens with one attached hydrogen (secondary N) is 1. The molecule has 0 aromatic carbocycles. The predicted octanol–water partition coefficient (Wildman–Crippen LogP) is 0.391. The number of carboxylic acids is 1. The summed E-state index contributed by atoms with van der Waals surface area (Å²) in [6.45, 7) is 1.75. The van der Waals surface area contributed by atoms with Crippen LogP contribution in [0.5, 0.6) is 0 Å². The monoisotopic (exact) mass is 220 g/mol. The molecule has 0 atom stereocenters. The lowest BCUT2D eigenvalue weighted by Gasteiger charge is -2.30. The van der Waals surface area contributed by atoms with Crippen molar-refractivity contribution in [3.8, 4) is 0 Å². The van der Waals surface area contributed by atoms with Crippen molar-refractivity contribution in [2.75, 3.05) is 13.1 Å². The molecule has 2 aliphatic heterocycles. The summed E-state index contributed by atoms with van der Waals surface area (Å²) in [5.74, 6) is -0.963. The van der Waals surface area contributed by atoms with Crippen LogP contribution in [-0.2, 0) is 9.63 Å². The summed E-state index contributed by atoms with van der Waals surface area (Å²) in [5, 5.41) is 15.5. The van der Waals surface area contributed by atoms with Gasteiger partial charge in [0.15, 0.2) is 5.71 Å². The zero-order valence-corrected chi connectivity index (χ0v) is 8.47. The Kier molecular flexibility index (Phi) is 3.34. The van der Waals surface area contributed by atoms with Gasteiger partial charge in [0.2, 0.25) is 0 Å². The van der Waals surface area contributed by atoms with E-state index in [1.54, 1.807) is 0 Å². The third kappa shape index (κ3) is 1.99. The lowest BCUT2D eigenvalue weighted by Crippen LogP contribution is -2.42. The molecule has 14 heavy (non-hydrogen) atoms.